The van der Waals surface area contributed by atoms with E-state index in [0.29, 0.717) is 18.0 Å². The van der Waals surface area contributed by atoms with Crippen LogP contribution in [0.1, 0.15) is 35.9 Å². The number of hydrogen-bond donors (Lipinski definition) is 0. The van der Waals surface area contributed by atoms with E-state index >= 15 is 0 Å². The number of halogens is 4. The van der Waals surface area contributed by atoms with Crippen LogP contribution in [0.2, 0.25) is 0 Å². The van der Waals surface area contributed by atoms with Crippen LogP contribution < -0.4 is 0 Å². The van der Waals surface area contributed by atoms with Crippen molar-refractivity contribution < 1.29 is 22.1 Å². The first-order chi connectivity index (χ1) is 13.4. The Morgan fingerprint density at radius 2 is 1.75 bits per heavy atom. The predicted molar refractivity (Wildman–Crippen MR) is 93.5 cm³/mol. The van der Waals surface area contributed by atoms with E-state index in [-0.39, 0.29) is 17.7 Å². The molecule has 0 radical (unpaired) electrons. The Kier molecular flexibility index (Phi) is 4.89. The Morgan fingerprint density at radius 1 is 1.04 bits per heavy atom. The Balaban J connectivity index is 1.48. The number of nitrogens with zero attached hydrogens (tertiary/aromatic N) is 3. The quantitative estimate of drug-likeness (QED) is 0.571. The molecule has 1 aliphatic heterocycles. The zero-order chi connectivity index (χ0) is 19.7. The smallest absolute Gasteiger partial charge is 0.338 e. The first-order valence-electron chi connectivity index (χ1n) is 8.90. The third-order valence-electron chi connectivity index (χ3n) is 4.90. The normalized spacial score (nSPS) is 17.9. The zero-order valence-electron chi connectivity index (χ0n) is 14.8. The lowest BCUT2D eigenvalue weighted by molar-refractivity contribution is -0.137. The summed E-state index contributed by atoms with van der Waals surface area (Å²) in [6, 6.07) is 11.2. The maximum atomic E-state index is 13.2. The molecule has 1 fully saturated rings. The number of rotatable bonds is 4. The molecular formula is C20H17F4N3O. The van der Waals surface area contributed by atoms with Gasteiger partial charge in [-0.1, -0.05) is 29.4 Å². The molecule has 28 heavy (non-hydrogen) atoms. The van der Waals surface area contributed by atoms with Gasteiger partial charge in [0.1, 0.15) is 5.82 Å². The number of benzene rings is 2. The molecule has 0 aliphatic carbocycles. The second-order valence-corrected chi connectivity index (χ2v) is 6.77. The van der Waals surface area contributed by atoms with Crippen LogP contribution in [0.4, 0.5) is 17.6 Å². The summed E-state index contributed by atoms with van der Waals surface area (Å²) in [6.07, 6.45) is -2.43. The van der Waals surface area contributed by atoms with E-state index in [1.807, 2.05) is 0 Å². The van der Waals surface area contributed by atoms with Crippen molar-refractivity contribution in [2.75, 3.05) is 6.54 Å². The molecule has 0 amide bonds. The van der Waals surface area contributed by atoms with Gasteiger partial charge in [-0.25, -0.2) is 4.39 Å². The summed E-state index contributed by atoms with van der Waals surface area (Å²) >= 11 is 0. The van der Waals surface area contributed by atoms with Crippen molar-refractivity contribution >= 4 is 0 Å². The van der Waals surface area contributed by atoms with Crippen LogP contribution in [-0.2, 0) is 12.7 Å². The third-order valence-corrected chi connectivity index (χ3v) is 4.90. The molecule has 4 nitrogen and oxygen atoms in total. The van der Waals surface area contributed by atoms with Gasteiger partial charge in [0.2, 0.25) is 11.7 Å². The molecule has 8 heteroatoms. The highest BCUT2D eigenvalue weighted by Gasteiger charge is 2.30. The number of likely N-dealkylation sites (tertiary alicyclic amines) is 1. The van der Waals surface area contributed by atoms with Crippen LogP contribution in [0.15, 0.2) is 53.1 Å². The van der Waals surface area contributed by atoms with E-state index in [4.69, 9.17) is 4.52 Å². The lowest BCUT2D eigenvalue weighted by Gasteiger charge is -2.23. The fourth-order valence-electron chi connectivity index (χ4n) is 3.50. The van der Waals surface area contributed by atoms with Crippen LogP contribution in [-0.4, -0.2) is 21.6 Å². The molecular weight excluding hydrogens is 374 g/mol. The minimum Gasteiger partial charge on any atom is -0.338 e. The van der Waals surface area contributed by atoms with Gasteiger partial charge in [0, 0.05) is 11.6 Å². The van der Waals surface area contributed by atoms with Crippen molar-refractivity contribution in [3.8, 4) is 11.4 Å². The van der Waals surface area contributed by atoms with Crippen molar-refractivity contribution in [1.82, 2.24) is 15.0 Å². The van der Waals surface area contributed by atoms with Gasteiger partial charge in [-0.05, 0) is 49.2 Å². The van der Waals surface area contributed by atoms with Crippen molar-refractivity contribution in [2.24, 2.45) is 0 Å². The molecule has 1 atom stereocenters. The highest BCUT2D eigenvalue weighted by molar-refractivity contribution is 5.54. The highest BCUT2D eigenvalue weighted by Crippen LogP contribution is 2.33. The van der Waals surface area contributed by atoms with Crippen molar-refractivity contribution in [3.05, 3.63) is 71.4 Å². The SMILES string of the molecule is Fc1ccc(C2CCCN2Cc2nc(-c3ccc(C(F)(F)F)cc3)no2)cc1. The minimum absolute atomic E-state index is 0.141. The highest BCUT2D eigenvalue weighted by atomic mass is 19.4. The first-order valence-corrected chi connectivity index (χ1v) is 8.90. The molecule has 2 aromatic carbocycles. The molecule has 4 rings (SSSR count). The van der Waals surface area contributed by atoms with Gasteiger partial charge >= 0.3 is 6.18 Å². The van der Waals surface area contributed by atoms with Crippen LogP contribution in [0.5, 0.6) is 0 Å². The number of hydrogen-bond acceptors (Lipinski definition) is 4. The van der Waals surface area contributed by atoms with E-state index in [9.17, 15) is 17.6 Å². The van der Waals surface area contributed by atoms with E-state index in [2.05, 4.69) is 15.0 Å². The average Bonchev–Trinajstić information content (AvgIpc) is 3.32. The standard InChI is InChI=1S/C20H17F4N3O/c21-16-9-5-13(6-10-16)17-2-1-11-27(17)12-18-25-19(26-28-18)14-3-7-15(8-4-14)20(22,23)24/h3-10,17H,1-2,11-12H2. The second kappa shape index (κ2) is 7.35. The van der Waals surface area contributed by atoms with E-state index in [0.717, 1.165) is 37.1 Å². The van der Waals surface area contributed by atoms with Crippen LogP contribution in [0.25, 0.3) is 11.4 Å². The van der Waals surface area contributed by atoms with Crippen molar-refractivity contribution in [3.63, 3.8) is 0 Å². The molecule has 146 valence electrons. The maximum Gasteiger partial charge on any atom is 0.416 e. The van der Waals surface area contributed by atoms with Crippen LogP contribution >= 0.6 is 0 Å². The molecule has 0 saturated carbocycles. The summed E-state index contributed by atoms with van der Waals surface area (Å²) in [5, 5.41) is 3.89. The van der Waals surface area contributed by atoms with Crippen LogP contribution in [0.3, 0.4) is 0 Å². The summed E-state index contributed by atoms with van der Waals surface area (Å²) in [7, 11) is 0. The fourth-order valence-corrected chi connectivity index (χ4v) is 3.50. The summed E-state index contributed by atoms with van der Waals surface area (Å²) in [6.45, 7) is 1.27. The monoisotopic (exact) mass is 391 g/mol. The van der Waals surface area contributed by atoms with Gasteiger partial charge in [-0.2, -0.15) is 18.2 Å². The summed E-state index contributed by atoms with van der Waals surface area (Å²) < 4.78 is 56.5. The zero-order valence-corrected chi connectivity index (χ0v) is 14.8. The summed E-state index contributed by atoms with van der Waals surface area (Å²) in [4.78, 5) is 6.50. The van der Waals surface area contributed by atoms with E-state index in [1.54, 1.807) is 12.1 Å². The lowest BCUT2D eigenvalue weighted by Crippen LogP contribution is -2.22. The maximum absolute atomic E-state index is 13.2. The Hall–Kier alpha value is -2.74. The van der Waals surface area contributed by atoms with E-state index < -0.39 is 11.7 Å². The Bertz CT molecular complexity index is 935. The largest absolute Gasteiger partial charge is 0.416 e. The first kappa shape index (κ1) is 18.6. The fraction of sp³-hybridized carbons (Fsp3) is 0.300. The molecule has 1 aromatic heterocycles. The molecule has 0 N–H and O–H groups in total. The van der Waals surface area contributed by atoms with Crippen molar-refractivity contribution in [1.29, 1.82) is 0 Å². The third kappa shape index (κ3) is 3.91. The molecule has 0 spiro atoms. The molecule has 1 unspecified atom stereocenters. The molecule has 1 saturated heterocycles. The summed E-state index contributed by atoms with van der Waals surface area (Å²) in [5.74, 6) is 0.372. The number of aromatic nitrogens is 2. The average molecular weight is 391 g/mol. The summed E-state index contributed by atoms with van der Waals surface area (Å²) in [5.41, 5.74) is 0.764. The molecule has 2 heterocycles. The van der Waals surface area contributed by atoms with E-state index in [1.165, 1.54) is 24.3 Å². The lowest BCUT2D eigenvalue weighted by atomic mass is 10.0. The van der Waals surface area contributed by atoms with Gasteiger partial charge in [0.15, 0.2) is 0 Å². The predicted octanol–water partition coefficient (Wildman–Crippen LogP) is 5.23. The van der Waals surface area contributed by atoms with Crippen LogP contribution in [0, 0.1) is 5.82 Å². The van der Waals surface area contributed by atoms with Gasteiger partial charge in [0.05, 0.1) is 12.1 Å². The minimum atomic E-state index is -4.38. The van der Waals surface area contributed by atoms with Gasteiger partial charge < -0.3 is 4.52 Å². The van der Waals surface area contributed by atoms with Gasteiger partial charge in [0.25, 0.3) is 0 Å². The molecule has 3 aromatic rings. The Labute approximate surface area is 158 Å². The second-order valence-electron chi connectivity index (χ2n) is 6.77. The number of alkyl halides is 3. The molecule has 1 aliphatic rings. The van der Waals surface area contributed by atoms with Crippen molar-refractivity contribution in [2.45, 2.75) is 31.6 Å². The Morgan fingerprint density at radius 3 is 2.43 bits per heavy atom. The van der Waals surface area contributed by atoms with Gasteiger partial charge in [-0.15, -0.1) is 0 Å². The topological polar surface area (TPSA) is 42.2 Å². The molecule has 0 bridgehead atoms. The van der Waals surface area contributed by atoms with Gasteiger partial charge in [-0.3, -0.25) is 4.90 Å².